The van der Waals surface area contributed by atoms with E-state index in [0.29, 0.717) is 18.4 Å². The number of piperidine rings is 1. The van der Waals surface area contributed by atoms with Gasteiger partial charge in [0.15, 0.2) is 0 Å². The molecule has 0 aromatic heterocycles. The van der Waals surface area contributed by atoms with Crippen LogP contribution in [0.4, 0.5) is 0 Å². The van der Waals surface area contributed by atoms with Crippen LogP contribution in [0.2, 0.25) is 0 Å². The Labute approximate surface area is 111 Å². The van der Waals surface area contributed by atoms with Crippen molar-refractivity contribution in [3.8, 4) is 0 Å². The van der Waals surface area contributed by atoms with Crippen LogP contribution in [-0.4, -0.2) is 60.1 Å². The monoisotopic (exact) mass is 256 g/mol. The van der Waals surface area contributed by atoms with Crippen molar-refractivity contribution in [3.05, 3.63) is 0 Å². The number of hydrogen-bond acceptors (Lipinski definition) is 3. The Hall–Kier alpha value is -0.610. The number of carbonyl (C=O) groups is 1. The third-order valence-corrected chi connectivity index (χ3v) is 4.11. The first-order valence-electron chi connectivity index (χ1n) is 7.19. The van der Waals surface area contributed by atoms with Gasteiger partial charge in [0.05, 0.1) is 0 Å². The molecule has 1 aliphatic rings. The molecule has 1 aliphatic heterocycles. The van der Waals surface area contributed by atoms with E-state index in [1.54, 1.807) is 0 Å². The Kier molecular flexibility index (Phi) is 6.65. The molecule has 0 saturated carbocycles. The maximum atomic E-state index is 10.4. The van der Waals surface area contributed by atoms with E-state index in [9.17, 15) is 4.79 Å². The predicted octanol–water partition coefficient (Wildman–Crippen LogP) is 1.90. The van der Waals surface area contributed by atoms with E-state index >= 15 is 0 Å². The van der Waals surface area contributed by atoms with Gasteiger partial charge in [-0.15, -0.1) is 0 Å². The summed E-state index contributed by atoms with van der Waals surface area (Å²) in [4.78, 5) is 15.4. The summed E-state index contributed by atoms with van der Waals surface area (Å²) in [5.74, 6) is 0.0328. The van der Waals surface area contributed by atoms with E-state index in [1.165, 1.54) is 19.5 Å². The molecule has 1 fully saturated rings. The number of carboxylic acid groups (broad SMARTS) is 1. The maximum absolute atomic E-state index is 10.4. The zero-order valence-corrected chi connectivity index (χ0v) is 12.1. The first-order chi connectivity index (χ1) is 8.54. The van der Waals surface area contributed by atoms with Gasteiger partial charge in [-0.05, 0) is 51.9 Å². The number of hydrogen-bond donors (Lipinski definition) is 1. The van der Waals surface area contributed by atoms with Crippen LogP contribution in [0.25, 0.3) is 0 Å². The van der Waals surface area contributed by atoms with Gasteiger partial charge in [0, 0.05) is 19.0 Å². The molecule has 18 heavy (non-hydrogen) atoms. The highest BCUT2D eigenvalue weighted by atomic mass is 16.4. The Balaban J connectivity index is 2.24. The maximum Gasteiger partial charge on any atom is 0.303 e. The predicted molar refractivity (Wildman–Crippen MR) is 73.8 cm³/mol. The molecule has 0 bridgehead atoms. The minimum absolute atomic E-state index is 0.303. The van der Waals surface area contributed by atoms with E-state index in [2.05, 4.69) is 30.7 Å². The number of unbranched alkanes of at least 4 members (excludes halogenated alkanes) is 1. The molecule has 0 spiro atoms. The topological polar surface area (TPSA) is 43.8 Å². The summed E-state index contributed by atoms with van der Waals surface area (Å²) in [6, 6.07) is 0.664. The van der Waals surface area contributed by atoms with Crippen LogP contribution in [0.1, 0.15) is 39.5 Å². The van der Waals surface area contributed by atoms with Gasteiger partial charge in [-0.3, -0.25) is 4.79 Å². The van der Waals surface area contributed by atoms with Crippen molar-refractivity contribution in [2.24, 2.45) is 5.92 Å². The summed E-state index contributed by atoms with van der Waals surface area (Å²) >= 11 is 0. The molecule has 0 amide bonds. The average molecular weight is 256 g/mol. The molecule has 1 rings (SSSR count). The van der Waals surface area contributed by atoms with Crippen molar-refractivity contribution < 1.29 is 9.90 Å². The Morgan fingerprint density at radius 3 is 2.72 bits per heavy atom. The quantitative estimate of drug-likeness (QED) is 0.707. The lowest BCUT2D eigenvalue weighted by Crippen LogP contribution is -2.49. The van der Waals surface area contributed by atoms with E-state index in [-0.39, 0.29) is 0 Å². The van der Waals surface area contributed by atoms with Crippen molar-refractivity contribution in [1.82, 2.24) is 9.80 Å². The molecule has 0 aromatic rings. The minimum atomic E-state index is -0.678. The largest absolute Gasteiger partial charge is 0.481 e. The van der Waals surface area contributed by atoms with Crippen molar-refractivity contribution in [2.75, 3.05) is 33.2 Å². The Bertz CT molecular complexity index is 258. The molecule has 2 unspecified atom stereocenters. The Morgan fingerprint density at radius 1 is 1.44 bits per heavy atom. The second-order valence-electron chi connectivity index (χ2n) is 5.56. The molecule has 0 radical (unpaired) electrons. The highest BCUT2D eigenvalue weighted by molar-refractivity contribution is 5.66. The molecule has 0 aliphatic carbocycles. The van der Waals surface area contributed by atoms with Crippen LogP contribution in [0, 0.1) is 5.92 Å². The summed E-state index contributed by atoms with van der Waals surface area (Å²) in [6.07, 6.45) is 3.33. The van der Waals surface area contributed by atoms with Gasteiger partial charge < -0.3 is 14.9 Å². The fourth-order valence-electron chi connectivity index (χ4n) is 2.96. The van der Waals surface area contributed by atoms with Gasteiger partial charge in [0.1, 0.15) is 0 Å². The SMILES string of the molecule is CCN1CCC(N(C)CCCCC(=O)O)C(C)C1. The molecule has 2 atom stereocenters. The van der Waals surface area contributed by atoms with E-state index in [1.807, 2.05) is 0 Å². The third kappa shape index (κ3) is 4.94. The summed E-state index contributed by atoms with van der Waals surface area (Å²) < 4.78 is 0. The summed E-state index contributed by atoms with van der Waals surface area (Å²) in [7, 11) is 2.18. The van der Waals surface area contributed by atoms with Gasteiger partial charge >= 0.3 is 5.97 Å². The average Bonchev–Trinajstić information content (AvgIpc) is 2.33. The first kappa shape index (κ1) is 15.4. The fraction of sp³-hybridized carbons (Fsp3) is 0.929. The first-order valence-corrected chi connectivity index (χ1v) is 7.19. The van der Waals surface area contributed by atoms with Crippen LogP contribution in [-0.2, 0) is 4.79 Å². The van der Waals surface area contributed by atoms with Crippen molar-refractivity contribution >= 4 is 5.97 Å². The van der Waals surface area contributed by atoms with Crippen molar-refractivity contribution in [1.29, 1.82) is 0 Å². The molecule has 1 saturated heterocycles. The Morgan fingerprint density at radius 2 is 2.17 bits per heavy atom. The molecular weight excluding hydrogens is 228 g/mol. The van der Waals surface area contributed by atoms with E-state index in [4.69, 9.17) is 5.11 Å². The zero-order valence-electron chi connectivity index (χ0n) is 12.1. The molecule has 4 nitrogen and oxygen atoms in total. The normalized spacial score (nSPS) is 25.6. The summed E-state index contributed by atoms with van der Waals surface area (Å²) in [5.41, 5.74) is 0. The number of rotatable bonds is 7. The highest BCUT2D eigenvalue weighted by Crippen LogP contribution is 2.21. The number of carboxylic acids is 1. The highest BCUT2D eigenvalue weighted by Gasteiger charge is 2.27. The number of likely N-dealkylation sites (tertiary alicyclic amines) is 1. The van der Waals surface area contributed by atoms with Crippen molar-refractivity contribution in [2.45, 2.75) is 45.6 Å². The van der Waals surface area contributed by atoms with E-state index in [0.717, 1.165) is 25.9 Å². The van der Waals surface area contributed by atoms with Gasteiger partial charge in [-0.2, -0.15) is 0 Å². The molecule has 1 heterocycles. The summed E-state index contributed by atoms with van der Waals surface area (Å²) in [5, 5.41) is 8.61. The van der Waals surface area contributed by atoms with Gasteiger partial charge in [0.2, 0.25) is 0 Å². The zero-order chi connectivity index (χ0) is 13.5. The molecule has 0 aromatic carbocycles. The smallest absolute Gasteiger partial charge is 0.303 e. The summed E-state index contributed by atoms with van der Waals surface area (Å²) in [6.45, 7) is 9.13. The van der Waals surface area contributed by atoms with Gasteiger partial charge in [0.25, 0.3) is 0 Å². The molecule has 1 N–H and O–H groups in total. The van der Waals surface area contributed by atoms with E-state index < -0.39 is 5.97 Å². The lowest BCUT2D eigenvalue weighted by Gasteiger charge is -2.41. The minimum Gasteiger partial charge on any atom is -0.481 e. The van der Waals surface area contributed by atoms with Crippen LogP contribution < -0.4 is 0 Å². The molecule has 106 valence electrons. The van der Waals surface area contributed by atoms with Gasteiger partial charge in [-0.25, -0.2) is 0 Å². The van der Waals surface area contributed by atoms with Gasteiger partial charge in [-0.1, -0.05) is 13.8 Å². The molecular formula is C14H28N2O2. The standard InChI is InChI=1S/C14H28N2O2/c1-4-16-10-8-13(12(2)11-16)15(3)9-6-5-7-14(17)18/h12-13H,4-11H2,1-3H3,(H,17,18). The van der Waals surface area contributed by atoms with Crippen LogP contribution >= 0.6 is 0 Å². The second kappa shape index (κ2) is 7.74. The third-order valence-electron chi connectivity index (χ3n) is 4.11. The fourth-order valence-corrected chi connectivity index (χ4v) is 2.96. The number of nitrogens with zero attached hydrogens (tertiary/aromatic N) is 2. The van der Waals surface area contributed by atoms with Crippen LogP contribution in [0.3, 0.4) is 0 Å². The van der Waals surface area contributed by atoms with Crippen LogP contribution in [0.5, 0.6) is 0 Å². The number of aliphatic carboxylic acids is 1. The lowest BCUT2D eigenvalue weighted by molar-refractivity contribution is -0.137. The molecule has 4 heteroatoms. The lowest BCUT2D eigenvalue weighted by atomic mass is 9.92. The second-order valence-corrected chi connectivity index (χ2v) is 5.56. The van der Waals surface area contributed by atoms with Crippen LogP contribution in [0.15, 0.2) is 0 Å². The van der Waals surface area contributed by atoms with Crippen molar-refractivity contribution in [3.63, 3.8) is 0 Å².